The SMILES string of the molecule is CCOC(=O)C(=Cc1ccc(OC)cc1)C(C)=O. The molecule has 0 atom stereocenters. The second-order valence-electron chi connectivity index (χ2n) is 3.61. The van der Waals surface area contributed by atoms with E-state index in [1.54, 1.807) is 38.3 Å². The Morgan fingerprint density at radius 1 is 1.22 bits per heavy atom. The zero-order valence-electron chi connectivity index (χ0n) is 10.7. The van der Waals surface area contributed by atoms with Crippen LogP contribution in [-0.4, -0.2) is 25.5 Å². The Hall–Kier alpha value is -2.10. The van der Waals surface area contributed by atoms with E-state index in [4.69, 9.17) is 9.47 Å². The topological polar surface area (TPSA) is 52.6 Å². The molecule has 0 aliphatic rings. The van der Waals surface area contributed by atoms with Crippen LogP contribution in [0.5, 0.6) is 5.75 Å². The van der Waals surface area contributed by atoms with Gasteiger partial charge in [-0.05, 0) is 37.6 Å². The largest absolute Gasteiger partial charge is 0.497 e. The lowest BCUT2D eigenvalue weighted by Crippen LogP contribution is -2.13. The van der Waals surface area contributed by atoms with Gasteiger partial charge in [-0.1, -0.05) is 12.1 Å². The molecule has 0 aromatic heterocycles. The van der Waals surface area contributed by atoms with E-state index in [1.807, 2.05) is 0 Å². The number of ether oxygens (including phenoxy) is 2. The van der Waals surface area contributed by atoms with E-state index in [2.05, 4.69) is 0 Å². The summed E-state index contributed by atoms with van der Waals surface area (Å²) in [6.45, 7) is 3.28. The number of Topliss-reactive ketones (excluding diaryl/α,β-unsaturated/α-hetero) is 1. The van der Waals surface area contributed by atoms with Crippen molar-refractivity contribution in [2.45, 2.75) is 13.8 Å². The number of methoxy groups -OCH3 is 1. The molecule has 96 valence electrons. The molecule has 0 radical (unpaired) electrons. The Balaban J connectivity index is 3.00. The highest BCUT2D eigenvalue weighted by atomic mass is 16.5. The van der Waals surface area contributed by atoms with Gasteiger partial charge >= 0.3 is 5.97 Å². The number of hydrogen-bond donors (Lipinski definition) is 0. The third-order valence-corrected chi connectivity index (χ3v) is 2.30. The van der Waals surface area contributed by atoms with E-state index < -0.39 is 5.97 Å². The molecule has 0 heterocycles. The summed E-state index contributed by atoms with van der Waals surface area (Å²) in [4.78, 5) is 23.0. The van der Waals surface area contributed by atoms with Gasteiger partial charge in [-0.3, -0.25) is 4.79 Å². The van der Waals surface area contributed by atoms with Crippen LogP contribution in [0.1, 0.15) is 19.4 Å². The van der Waals surface area contributed by atoms with Gasteiger partial charge in [0.05, 0.1) is 13.7 Å². The Bertz CT molecular complexity index is 457. The fraction of sp³-hybridized carbons (Fsp3) is 0.286. The second-order valence-corrected chi connectivity index (χ2v) is 3.61. The molecule has 0 saturated heterocycles. The second kappa shape index (κ2) is 6.59. The van der Waals surface area contributed by atoms with E-state index in [-0.39, 0.29) is 18.0 Å². The lowest BCUT2D eigenvalue weighted by Gasteiger charge is -2.04. The predicted octanol–water partition coefficient (Wildman–Crippen LogP) is 2.23. The number of carbonyl (C=O) groups is 2. The van der Waals surface area contributed by atoms with Crippen LogP contribution in [-0.2, 0) is 14.3 Å². The Morgan fingerprint density at radius 2 is 1.83 bits per heavy atom. The van der Waals surface area contributed by atoms with Crippen LogP contribution in [0.2, 0.25) is 0 Å². The van der Waals surface area contributed by atoms with Crippen LogP contribution in [0.3, 0.4) is 0 Å². The summed E-state index contributed by atoms with van der Waals surface area (Å²) < 4.78 is 9.86. The van der Waals surface area contributed by atoms with Crippen molar-refractivity contribution in [2.24, 2.45) is 0 Å². The molecule has 18 heavy (non-hydrogen) atoms. The van der Waals surface area contributed by atoms with Crippen molar-refractivity contribution in [1.82, 2.24) is 0 Å². The third-order valence-electron chi connectivity index (χ3n) is 2.30. The lowest BCUT2D eigenvalue weighted by atomic mass is 10.1. The summed E-state index contributed by atoms with van der Waals surface area (Å²) in [5, 5.41) is 0. The van der Waals surface area contributed by atoms with Crippen molar-refractivity contribution < 1.29 is 19.1 Å². The van der Waals surface area contributed by atoms with Gasteiger partial charge in [-0.15, -0.1) is 0 Å². The average molecular weight is 248 g/mol. The van der Waals surface area contributed by atoms with Gasteiger partial charge in [-0.25, -0.2) is 4.79 Å². The molecule has 0 unspecified atom stereocenters. The van der Waals surface area contributed by atoms with Crippen LogP contribution in [0.15, 0.2) is 29.8 Å². The Labute approximate surface area is 106 Å². The van der Waals surface area contributed by atoms with Gasteiger partial charge in [0.1, 0.15) is 11.3 Å². The first-order valence-electron chi connectivity index (χ1n) is 5.62. The van der Waals surface area contributed by atoms with Gasteiger partial charge in [0.25, 0.3) is 0 Å². The quantitative estimate of drug-likeness (QED) is 0.347. The molecule has 0 amide bonds. The van der Waals surface area contributed by atoms with Crippen LogP contribution in [0, 0.1) is 0 Å². The number of carbonyl (C=O) groups excluding carboxylic acids is 2. The molecule has 0 bridgehead atoms. The highest BCUT2D eigenvalue weighted by molar-refractivity contribution is 6.19. The average Bonchev–Trinajstić information content (AvgIpc) is 2.36. The standard InChI is InChI=1S/C14H16O4/c1-4-18-14(16)13(10(2)15)9-11-5-7-12(17-3)8-6-11/h5-9H,4H2,1-3H3. The molecular formula is C14H16O4. The van der Waals surface area contributed by atoms with Gasteiger partial charge in [0.2, 0.25) is 0 Å². The minimum Gasteiger partial charge on any atom is -0.497 e. The summed E-state index contributed by atoms with van der Waals surface area (Å²) in [6.07, 6.45) is 1.51. The molecule has 1 aromatic rings. The fourth-order valence-electron chi connectivity index (χ4n) is 1.38. The fourth-order valence-corrected chi connectivity index (χ4v) is 1.38. The monoisotopic (exact) mass is 248 g/mol. The van der Waals surface area contributed by atoms with E-state index in [0.717, 1.165) is 5.56 Å². The highest BCUT2D eigenvalue weighted by Crippen LogP contribution is 2.15. The lowest BCUT2D eigenvalue weighted by molar-refractivity contribution is -0.139. The highest BCUT2D eigenvalue weighted by Gasteiger charge is 2.15. The zero-order valence-corrected chi connectivity index (χ0v) is 10.7. The molecule has 0 N–H and O–H groups in total. The molecule has 0 spiro atoms. The molecule has 4 heteroatoms. The molecule has 0 aliphatic carbocycles. The minimum atomic E-state index is -0.596. The summed E-state index contributed by atoms with van der Waals surface area (Å²) in [7, 11) is 1.57. The zero-order chi connectivity index (χ0) is 13.5. The maximum Gasteiger partial charge on any atom is 0.341 e. The van der Waals surface area contributed by atoms with E-state index in [1.165, 1.54) is 13.0 Å². The summed E-state index contributed by atoms with van der Waals surface area (Å²) in [5.41, 5.74) is 0.788. The first kappa shape index (κ1) is 14.0. The van der Waals surface area contributed by atoms with Gasteiger partial charge in [-0.2, -0.15) is 0 Å². The molecule has 4 nitrogen and oxygen atoms in total. The first-order valence-corrected chi connectivity index (χ1v) is 5.62. The maximum atomic E-state index is 11.6. The normalized spacial score (nSPS) is 10.9. The summed E-state index contributed by atoms with van der Waals surface area (Å²) in [6, 6.07) is 7.05. The van der Waals surface area contributed by atoms with Crippen LogP contribution < -0.4 is 4.74 Å². The Kier molecular flexibility index (Phi) is 5.11. The smallest absolute Gasteiger partial charge is 0.341 e. The molecule has 1 aromatic carbocycles. The van der Waals surface area contributed by atoms with Gasteiger partial charge in [0.15, 0.2) is 5.78 Å². The van der Waals surface area contributed by atoms with E-state index >= 15 is 0 Å². The van der Waals surface area contributed by atoms with E-state index in [0.29, 0.717) is 5.75 Å². The van der Waals surface area contributed by atoms with Crippen LogP contribution in [0.25, 0.3) is 6.08 Å². The number of hydrogen-bond acceptors (Lipinski definition) is 4. The van der Waals surface area contributed by atoms with Crippen molar-refractivity contribution >= 4 is 17.8 Å². The summed E-state index contributed by atoms with van der Waals surface area (Å²) in [5.74, 6) is -0.197. The molecule has 0 fully saturated rings. The molecular weight excluding hydrogens is 232 g/mol. The molecule has 0 aliphatic heterocycles. The molecule has 0 saturated carbocycles. The maximum absolute atomic E-state index is 11.6. The number of rotatable bonds is 5. The van der Waals surface area contributed by atoms with Crippen molar-refractivity contribution in [3.63, 3.8) is 0 Å². The van der Waals surface area contributed by atoms with Gasteiger partial charge < -0.3 is 9.47 Å². The van der Waals surface area contributed by atoms with E-state index in [9.17, 15) is 9.59 Å². The van der Waals surface area contributed by atoms with Crippen molar-refractivity contribution in [3.8, 4) is 5.75 Å². The third kappa shape index (κ3) is 3.73. The van der Waals surface area contributed by atoms with Crippen LogP contribution in [0.4, 0.5) is 0 Å². The predicted molar refractivity (Wildman–Crippen MR) is 68.3 cm³/mol. The minimum absolute atomic E-state index is 0.0435. The summed E-state index contributed by atoms with van der Waals surface area (Å²) >= 11 is 0. The van der Waals surface area contributed by atoms with Gasteiger partial charge in [0, 0.05) is 0 Å². The number of ketones is 1. The first-order chi connectivity index (χ1) is 8.58. The van der Waals surface area contributed by atoms with Crippen molar-refractivity contribution in [1.29, 1.82) is 0 Å². The number of benzene rings is 1. The number of esters is 1. The van der Waals surface area contributed by atoms with Crippen LogP contribution >= 0.6 is 0 Å². The molecule has 1 rings (SSSR count). The van der Waals surface area contributed by atoms with Crippen molar-refractivity contribution in [2.75, 3.05) is 13.7 Å². The Morgan fingerprint density at radius 3 is 2.28 bits per heavy atom. The van der Waals surface area contributed by atoms with Crippen molar-refractivity contribution in [3.05, 3.63) is 35.4 Å².